The van der Waals surface area contributed by atoms with Gasteiger partial charge in [-0.25, -0.2) is 13.6 Å². The van der Waals surface area contributed by atoms with Crippen molar-refractivity contribution in [2.75, 3.05) is 6.61 Å². The first-order valence-corrected chi connectivity index (χ1v) is 4.06. The highest BCUT2D eigenvalue weighted by molar-refractivity contribution is 5.88. The lowest BCUT2D eigenvalue weighted by Crippen LogP contribution is -2.04. The molecule has 0 aliphatic rings. The number of carboxylic acids is 1. The van der Waals surface area contributed by atoms with Gasteiger partial charge in [0.15, 0.2) is 0 Å². The number of carboxylic acid groups (broad SMARTS) is 1. The highest BCUT2D eigenvalue weighted by atomic mass is 19.1. The number of hydrogen-bond acceptors (Lipinski definition) is 2. The molecule has 3 nitrogen and oxygen atoms in total. The molecule has 80 valence electrons. The summed E-state index contributed by atoms with van der Waals surface area (Å²) >= 11 is 0. The highest BCUT2D eigenvalue weighted by Gasteiger charge is 2.16. The van der Waals surface area contributed by atoms with Crippen molar-refractivity contribution < 1.29 is 23.8 Å². The average molecular weight is 214 g/mol. The van der Waals surface area contributed by atoms with Gasteiger partial charge in [0.1, 0.15) is 17.2 Å². The summed E-state index contributed by atoms with van der Waals surface area (Å²) in [6.45, 7) is -0.260. The van der Waals surface area contributed by atoms with E-state index in [4.69, 9.17) is 10.2 Å². The fourth-order valence-corrected chi connectivity index (χ4v) is 1.08. The molecule has 0 spiro atoms. The third-order valence-electron chi connectivity index (χ3n) is 1.69. The van der Waals surface area contributed by atoms with Crippen LogP contribution in [-0.2, 0) is 0 Å². The van der Waals surface area contributed by atoms with Crippen molar-refractivity contribution in [2.24, 2.45) is 0 Å². The van der Waals surface area contributed by atoms with Gasteiger partial charge in [-0.3, -0.25) is 0 Å². The summed E-state index contributed by atoms with van der Waals surface area (Å²) in [7, 11) is 0. The second-order valence-electron chi connectivity index (χ2n) is 2.75. The molecule has 0 aromatic heterocycles. The van der Waals surface area contributed by atoms with Crippen LogP contribution in [0.3, 0.4) is 0 Å². The SMILES string of the molecule is O=C(O)c1c(F)cc(C=CCO)cc1F. The average Bonchev–Trinajstić information content (AvgIpc) is 2.12. The summed E-state index contributed by atoms with van der Waals surface area (Å²) in [6, 6.07) is 1.78. The smallest absolute Gasteiger partial charge is 0.341 e. The molecule has 0 saturated carbocycles. The number of carbonyl (C=O) groups is 1. The van der Waals surface area contributed by atoms with E-state index in [-0.39, 0.29) is 12.2 Å². The monoisotopic (exact) mass is 214 g/mol. The summed E-state index contributed by atoms with van der Waals surface area (Å²) in [5.41, 5.74) is -0.819. The van der Waals surface area contributed by atoms with Crippen LogP contribution in [0.25, 0.3) is 6.08 Å². The number of aliphatic hydroxyl groups is 1. The third kappa shape index (κ3) is 2.60. The summed E-state index contributed by atoms with van der Waals surface area (Å²) in [4.78, 5) is 10.4. The molecule has 0 bridgehead atoms. The minimum atomic E-state index is -1.65. The Morgan fingerprint density at radius 1 is 1.33 bits per heavy atom. The van der Waals surface area contributed by atoms with E-state index in [9.17, 15) is 13.6 Å². The van der Waals surface area contributed by atoms with Crippen LogP contribution in [0.1, 0.15) is 15.9 Å². The molecule has 1 aromatic carbocycles. The number of aromatic carboxylic acids is 1. The van der Waals surface area contributed by atoms with Crippen LogP contribution in [-0.4, -0.2) is 22.8 Å². The molecule has 0 radical (unpaired) electrons. The predicted octanol–water partition coefficient (Wildman–Crippen LogP) is 1.67. The van der Waals surface area contributed by atoms with Gasteiger partial charge in [0.2, 0.25) is 0 Å². The lowest BCUT2D eigenvalue weighted by Gasteiger charge is -2.01. The zero-order chi connectivity index (χ0) is 11.4. The zero-order valence-corrected chi connectivity index (χ0v) is 7.58. The van der Waals surface area contributed by atoms with Gasteiger partial charge in [-0.2, -0.15) is 0 Å². The van der Waals surface area contributed by atoms with Gasteiger partial charge in [0.25, 0.3) is 0 Å². The van der Waals surface area contributed by atoms with Gasteiger partial charge in [0, 0.05) is 0 Å². The largest absolute Gasteiger partial charge is 0.477 e. The van der Waals surface area contributed by atoms with Crippen molar-refractivity contribution in [3.05, 3.63) is 41.0 Å². The molecule has 0 fully saturated rings. The number of hydrogen-bond donors (Lipinski definition) is 2. The first-order valence-electron chi connectivity index (χ1n) is 4.06. The van der Waals surface area contributed by atoms with E-state index < -0.39 is 23.2 Å². The Kier molecular flexibility index (Phi) is 3.51. The molecule has 0 heterocycles. The Balaban J connectivity index is 3.19. The van der Waals surface area contributed by atoms with Crippen LogP contribution < -0.4 is 0 Å². The van der Waals surface area contributed by atoms with Crippen molar-refractivity contribution in [1.29, 1.82) is 0 Å². The molecule has 0 amide bonds. The molecule has 1 aromatic rings. The molecule has 0 unspecified atom stereocenters. The molecular weight excluding hydrogens is 206 g/mol. The van der Waals surface area contributed by atoms with Crippen molar-refractivity contribution in [1.82, 2.24) is 0 Å². The minimum absolute atomic E-state index is 0.157. The number of benzene rings is 1. The lowest BCUT2D eigenvalue weighted by molar-refractivity contribution is 0.0686. The van der Waals surface area contributed by atoms with E-state index in [1.54, 1.807) is 0 Å². The fourth-order valence-electron chi connectivity index (χ4n) is 1.08. The number of aliphatic hydroxyl groups excluding tert-OH is 1. The topological polar surface area (TPSA) is 57.5 Å². The second kappa shape index (κ2) is 4.65. The summed E-state index contributed by atoms with van der Waals surface area (Å²) in [6.07, 6.45) is 2.58. The standard InChI is InChI=1S/C10H8F2O3/c11-7-4-6(2-1-3-13)5-8(12)9(7)10(14)15/h1-2,4-5,13H,3H2,(H,14,15). The quantitative estimate of drug-likeness (QED) is 0.804. The lowest BCUT2D eigenvalue weighted by atomic mass is 10.1. The zero-order valence-electron chi connectivity index (χ0n) is 7.58. The minimum Gasteiger partial charge on any atom is -0.477 e. The summed E-state index contributed by atoms with van der Waals surface area (Å²) < 4.78 is 26.1. The highest BCUT2D eigenvalue weighted by Crippen LogP contribution is 2.16. The molecular formula is C10H8F2O3. The van der Waals surface area contributed by atoms with Crippen molar-refractivity contribution in [2.45, 2.75) is 0 Å². The van der Waals surface area contributed by atoms with Crippen molar-refractivity contribution in [3.8, 4) is 0 Å². The normalized spacial score (nSPS) is 10.9. The molecule has 0 aliphatic carbocycles. The Morgan fingerprint density at radius 2 is 1.87 bits per heavy atom. The van der Waals surface area contributed by atoms with Gasteiger partial charge < -0.3 is 10.2 Å². The van der Waals surface area contributed by atoms with Crippen molar-refractivity contribution >= 4 is 12.0 Å². The van der Waals surface area contributed by atoms with Crippen LogP contribution in [0.2, 0.25) is 0 Å². The molecule has 0 aliphatic heterocycles. The molecule has 1 rings (SSSR count). The van der Waals surface area contributed by atoms with E-state index in [0.29, 0.717) is 0 Å². The van der Waals surface area contributed by atoms with Gasteiger partial charge in [-0.05, 0) is 17.7 Å². The maximum absolute atomic E-state index is 13.1. The van der Waals surface area contributed by atoms with E-state index >= 15 is 0 Å². The van der Waals surface area contributed by atoms with Gasteiger partial charge in [0.05, 0.1) is 6.61 Å². The van der Waals surface area contributed by atoms with Crippen LogP contribution in [0, 0.1) is 11.6 Å². The van der Waals surface area contributed by atoms with Crippen LogP contribution >= 0.6 is 0 Å². The Hall–Kier alpha value is -1.75. The summed E-state index contributed by atoms with van der Waals surface area (Å²) in [5.74, 6) is -3.93. The second-order valence-corrected chi connectivity index (χ2v) is 2.75. The summed E-state index contributed by atoms with van der Waals surface area (Å²) in [5, 5.41) is 16.9. The van der Waals surface area contributed by atoms with Gasteiger partial charge in [-0.1, -0.05) is 12.2 Å². The van der Waals surface area contributed by atoms with E-state index in [2.05, 4.69) is 0 Å². The maximum atomic E-state index is 13.1. The van der Waals surface area contributed by atoms with Gasteiger partial charge >= 0.3 is 5.97 Å². The fraction of sp³-hybridized carbons (Fsp3) is 0.100. The third-order valence-corrected chi connectivity index (χ3v) is 1.69. The maximum Gasteiger partial charge on any atom is 0.341 e. The van der Waals surface area contributed by atoms with E-state index in [1.807, 2.05) is 0 Å². The molecule has 0 atom stereocenters. The molecule has 2 N–H and O–H groups in total. The van der Waals surface area contributed by atoms with Crippen LogP contribution in [0.4, 0.5) is 8.78 Å². The first-order chi connectivity index (χ1) is 7.06. The number of halogens is 2. The van der Waals surface area contributed by atoms with Crippen LogP contribution in [0.15, 0.2) is 18.2 Å². The molecule has 0 saturated heterocycles. The molecule has 5 heteroatoms. The molecule has 15 heavy (non-hydrogen) atoms. The van der Waals surface area contributed by atoms with Gasteiger partial charge in [-0.15, -0.1) is 0 Å². The van der Waals surface area contributed by atoms with Crippen molar-refractivity contribution in [3.63, 3.8) is 0 Å². The first kappa shape index (κ1) is 11.3. The van der Waals surface area contributed by atoms with E-state index in [0.717, 1.165) is 12.1 Å². The van der Waals surface area contributed by atoms with E-state index in [1.165, 1.54) is 12.2 Å². The Labute approximate surface area is 84.3 Å². The Morgan fingerprint density at radius 3 is 2.27 bits per heavy atom. The number of rotatable bonds is 3. The van der Waals surface area contributed by atoms with Crippen LogP contribution in [0.5, 0.6) is 0 Å². The predicted molar refractivity (Wildman–Crippen MR) is 49.4 cm³/mol. The Bertz CT molecular complexity index is 390.